The van der Waals surface area contributed by atoms with Gasteiger partial charge in [0.1, 0.15) is 0 Å². The van der Waals surface area contributed by atoms with Crippen molar-refractivity contribution in [1.82, 2.24) is 8.61 Å². The fourth-order valence-corrected chi connectivity index (χ4v) is 3.71. The zero-order chi connectivity index (χ0) is 11.6. The molecule has 0 aliphatic carbocycles. The average molecular weight is 250 g/mol. The fraction of sp³-hybridized carbons (Fsp3) is 1.00. The van der Waals surface area contributed by atoms with E-state index in [2.05, 4.69) is 0 Å². The summed E-state index contributed by atoms with van der Waals surface area (Å²) in [7, 11) is -3.33. The molecule has 7 heteroatoms. The quantitative estimate of drug-likeness (QED) is 0.649. The Morgan fingerprint density at radius 2 is 1.69 bits per heavy atom. The summed E-state index contributed by atoms with van der Waals surface area (Å²) in [4.78, 5) is 0. The molecule has 2 aliphatic heterocycles. The van der Waals surface area contributed by atoms with E-state index < -0.39 is 10.2 Å². The van der Waals surface area contributed by atoms with E-state index in [1.165, 1.54) is 8.61 Å². The zero-order valence-electron chi connectivity index (χ0n) is 9.46. The van der Waals surface area contributed by atoms with E-state index in [9.17, 15) is 8.42 Å². The molecule has 0 N–H and O–H groups in total. The van der Waals surface area contributed by atoms with Gasteiger partial charge in [0.2, 0.25) is 0 Å². The minimum atomic E-state index is -3.33. The van der Waals surface area contributed by atoms with Crippen LogP contribution in [0.5, 0.6) is 0 Å². The first-order valence-corrected chi connectivity index (χ1v) is 6.94. The molecule has 2 heterocycles. The minimum Gasteiger partial charge on any atom is -0.379 e. The van der Waals surface area contributed by atoms with Crippen molar-refractivity contribution in [3.8, 4) is 0 Å². The maximum absolute atomic E-state index is 12.3. The van der Waals surface area contributed by atoms with Gasteiger partial charge in [0.25, 0.3) is 10.2 Å². The minimum absolute atomic E-state index is 0.0819. The highest BCUT2D eigenvalue weighted by atomic mass is 32.2. The summed E-state index contributed by atoms with van der Waals surface area (Å²) < 4.78 is 38.0. The lowest BCUT2D eigenvalue weighted by molar-refractivity contribution is 0.0301. The highest BCUT2D eigenvalue weighted by Gasteiger charge is 2.35. The van der Waals surface area contributed by atoms with Gasteiger partial charge in [-0.25, -0.2) is 0 Å². The summed E-state index contributed by atoms with van der Waals surface area (Å²) in [5, 5.41) is 0. The Labute approximate surface area is 96.3 Å². The molecule has 0 bridgehead atoms. The first kappa shape index (κ1) is 12.3. The van der Waals surface area contributed by atoms with E-state index in [0.717, 1.165) is 0 Å². The van der Waals surface area contributed by atoms with Crippen LogP contribution in [0, 0.1) is 0 Å². The molecule has 0 aromatic rings. The molecule has 0 aromatic carbocycles. The summed E-state index contributed by atoms with van der Waals surface area (Å²) in [6.45, 7) is 5.14. The highest BCUT2D eigenvalue weighted by molar-refractivity contribution is 7.86. The zero-order valence-corrected chi connectivity index (χ0v) is 10.3. The smallest absolute Gasteiger partial charge is 0.282 e. The van der Waals surface area contributed by atoms with Crippen LogP contribution < -0.4 is 0 Å². The lowest BCUT2D eigenvalue weighted by Crippen LogP contribution is -2.54. The lowest BCUT2D eigenvalue weighted by Gasteiger charge is -2.37. The number of hydrogen-bond donors (Lipinski definition) is 0. The SMILES string of the molecule is C[C@H]1COCCN1S(=O)(=O)N1CCOCC1. The Hall–Kier alpha value is -0.210. The van der Waals surface area contributed by atoms with Gasteiger partial charge in [-0.05, 0) is 6.92 Å². The molecule has 2 aliphatic rings. The number of ether oxygens (including phenoxy) is 2. The Kier molecular flexibility index (Phi) is 3.81. The summed E-state index contributed by atoms with van der Waals surface area (Å²) in [5.41, 5.74) is 0. The number of nitrogens with zero attached hydrogens (tertiary/aromatic N) is 2. The summed E-state index contributed by atoms with van der Waals surface area (Å²) >= 11 is 0. The predicted octanol–water partition coefficient (Wildman–Crippen LogP) is -0.716. The first-order chi connectivity index (χ1) is 7.62. The van der Waals surface area contributed by atoms with Gasteiger partial charge in [-0.3, -0.25) is 0 Å². The van der Waals surface area contributed by atoms with E-state index >= 15 is 0 Å². The molecule has 16 heavy (non-hydrogen) atoms. The van der Waals surface area contributed by atoms with Crippen molar-refractivity contribution in [2.45, 2.75) is 13.0 Å². The molecule has 0 amide bonds. The monoisotopic (exact) mass is 250 g/mol. The van der Waals surface area contributed by atoms with Gasteiger partial charge < -0.3 is 9.47 Å². The van der Waals surface area contributed by atoms with Crippen LogP contribution in [0.4, 0.5) is 0 Å². The van der Waals surface area contributed by atoms with Crippen molar-refractivity contribution in [1.29, 1.82) is 0 Å². The highest BCUT2D eigenvalue weighted by Crippen LogP contribution is 2.16. The fourth-order valence-electron chi connectivity index (χ4n) is 1.98. The first-order valence-electron chi connectivity index (χ1n) is 5.55. The van der Waals surface area contributed by atoms with Crippen LogP contribution in [0.2, 0.25) is 0 Å². The van der Waals surface area contributed by atoms with Crippen LogP contribution >= 0.6 is 0 Å². The standard InChI is InChI=1S/C9H18N2O4S/c1-9-8-15-7-4-11(9)16(12,13)10-2-5-14-6-3-10/h9H,2-8H2,1H3/t9-/m0/s1. The molecule has 1 atom stereocenters. The lowest BCUT2D eigenvalue weighted by atomic mass is 10.3. The molecule has 2 fully saturated rings. The Morgan fingerprint density at radius 1 is 1.06 bits per heavy atom. The van der Waals surface area contributed by atoms with E-state index in [4.69, 9.17) is 9.47 Å². The van der Waals surface area contributed by atoms with Crippen molar-refractivity contribution < 1.29 is 17.9 Å². The molecule has 0 aromatic heterocycles. The van der Waals surface area contributed by atoms with Crippen LogP contribution in [0.1, 0.15) is 6.92 Å². The van der Waals surface area contributed by atoms with Crippen molar-refractivity contribution in [3.05, 3.63) is 0 Å². The van der Waals surface area contributed by atoms with Gasteiger partial charge in [-0.1, -0.05) is 0 Å². The molecule has 0 saturated carbocycles. The molecule has 2 saturated heterocycles. The van der Waals surface area contributed by atoms with Crippen LogP contribution in [0.15, 0.2) is 0 Å². The van der Waals surface area contributed by atoms with Crippen molar-refractivity contribution in [2.75, 3.05) is 46.1 Å². The van der Waals surface area contributed by atoms with Gasteiger partial charge in [0.05, 0.1) is 26.4 Å². The number of hydrogen-bond acceptors (Lipinski definition) is 4. The third-order valence-corrected chi connectivity index (χ3v) is 5.05. The van der Waals surface area contributed by atoms with Crippen LogP contribution in [0.25, 0.3) is 0 Å². The third-order valence-electron chi connectivity index (χ3n) is 2.90. The topological polar surface area (TPSA) is 59.1 Å². The maximum Gasteiger partial charge on any atom is 0.282 e. The van der Waals surface area contributed by atoms with Crippen molar-refractivity contribution in [2.24, 2.45) is 0 Å². The number of rotatable bonds is 2. The van der Waals surface area contributed by atoms with E-state index in [1.807, 2.05) is 6.92 Å². The second kappa shape index (κ2) is 4.97. The second-order valence-corrected chi connectivity index (χ2v) is 5.93. The Bertz CT molecular complexity index is 326. The maximum atomic E-state index is 12.3. The molecular weight excluding hydrogens is 232 g/mol. The van der Waals surface area contributed by atoms with Crippen molar-refractivity contribution >= 4 is 10.2 Å². The Morgan fingerprint density at radius 3 is 2.31 bits per heavy atom. The van der Waals surface area contributed by atoms with Crippen LogP contribution in [0.3, 0.4) is 0 Å². The van der Waals surface area contributed by atoms with E-state index in [0.29, 0.717) is 46.1 Å². The van der Waals surface area contributed by atoms with Gasteiger partial charge in [0, 0.05) is 25.7 Å². The van der Waals surface area contributed by atoms with E-state index in [-0.39, 0.29) is 6.04 Å². The Balaban J connectivity index is 2.10. The molecule has 0 spiro atoms. The summed E-state index contributed by atoms with van der Waals surface area (Å²) in [5.74, 6) is 0. The van der Waals surface area contributed by atoms with Crippen LogP contribution in [-0.2, 0) is 19.7 Å². The largest absolute Gasteiger partial charge is 0.379 e. The van der Waals surface area contributed by atoms with Gasteiger partial charge in [-0.15, -0.1) is 0 Å². The average Bonchev–Trinajstić information content (AvgIpc) is 2.30. The van der Waals surface area contributed by atoms with E-state index in [1.54, 1.807) is 0 Å². The molecular formula is C9H18N2O4S. The molecule has 0 unspecified atom stereocenters. The third kappa shape index (κ3) is 2.38. The number of morpholine rings is 2. The van der Waals surface area contributed by atoms with Gasteiger partial charge in [0.15, 0.2) is 0 Å². The van der Waals surface area contributed by atoms with Gasteiger partial charge >= 0.3 is 0 Å². The molecule has 2 rings (SSSR count). The predicted molar refractivity (Wildman–Crippen MR) is 58.3 cm³/mol. The summed E-state index contributed by atoms with van der Waals surface area (Å²) in [6, 6.07) is -0.0819. The molecule has 94 valence electrons. The summed E-state index contributed by atoms with van der Waals surface area (Å²) in [6.07, 6.45) is 0. The molecule has 6 nitrogen and oxygen atoms in total. The van der Waals surface area contributed by atoms with Crippen molar-refractivity contribution in [3.63, 3.8) is 0 Å². The van der Waals surface area contributed by atoms with Gasteiger partial charge in [-0.2, -0.15) is 17.0 Å². The molecule has 0 radical (unpaired) electrons. The normalized spacial score (nSPS) is 30.4. The second-order valence-electron chi connectivity index (χ2n) is 4.05. The van der Waals surface area contributed by atoms with Crippen LogP contribution in [-0.4, -0.2) is 69.1 Å².